The van der Waals surface area contributed by atoms with E-state index in [0.717, 1.165) is 21.9 Å². The molecule has 3 atom stereocenters. The molecule has 5 rings (SSSR count). The first-order valence-corrected chi connectivity index (χ1v) is 24.5. The summed E-state index contributed by atoms with van der Waals surface area (Å²) < 4.78 is 0. The third-order valence-electron chi connectivity index (χ3n) is 12.9. The zero-order chi connectivity index (χ0) is 54.6. The van der Waals surface area contributed by atoms with E-state index in [1.807, 2.05) is 47.4 Å². The largest absolute Gasteiger partial charge is 0.481 e. The number of carbonyl (C=O) groups is 10. The fourth-order valence-electron chi connectivity index (χ4n) is 8.79. The van der Waals surface area contributed by atoms with Crippen LogP contribution >= 0.6 is 0 Å². The number of carbonyl (C=O) groups excluding carboxylic acids is 4. The summed E-state index contributed by atoms with van der Waals surface area (Å²) in [7, 11) is 0. The molecule has 3 aromatic carbocycles. The molecule has 10 N–H and O–H groups in total. The Morgan fingerprint density at radius 1 is 0.507 bits per heavy atom. The molecule has 0 radical (unpaired) electrons. The Balaban J connectivity index is 1.21. The monoisotopic (exact) mass is 1050 g/mol. The van der Waals surface area contributed by atoms with Crippen molar-refractivity contribution in [1.29, 1.82) is 0 Å². The molecule has 0 unspecified atom stereocenters. The van der Waals surface area contributed by atoms with Gasteiger partial charge < -0.3 is 56.8 Å². The molecule has 0 saturated carbocycles. The number of unbranched alkanes of at least 4 members (excludes halogenated alkanes) is 1. The lowest BCUT2D eigenvalue weighted by molar-refractivity contribution is -0.141. The van der Waals surface area contributed by atoms with Crippen molar-refractivity contribution in [1.82, 2.24) is 45.8 Å². The SMILES string of the molecule is O=C(O)CC[C@H](NC(=O)N[C@@H](CCCCNC(=O)[C@H](Cc1ccc2ccccc2c1)NC(=O)c1ccc2c(c1)CN(C(=O)CN1CCN(CC(=O)O)CCN(CC(=O)O)CCN(CC(=O)O)CC1)C2)C(=O)O)C(=O)O. The lowest BCUT2D eigenvalue weighted by atomic mass is 10.0. The highest BCUT2D eigenvalue weighted by molar-refractivity contribution is 5.98. The van der Waals surface area contributed by atoms with Crippen LogP contribution in [0.4, 0.5) is 4.79 Å². The van der Waals surface area contributed by atoms with Gasteiger partial charge in [-0.15, -0.1) is 0 Å². The van der Waals surface area contributed by atoms with Gasteiger partial charge in [-0.2, -0.15) is 0 Å². The highest BCUT2D eigenvalue weighted by Crippen LogP contribution is 2.25. The standard InChI is InChI=1S/C50H65N9O16/c60-41(28-55-15-17-56(29-43(63)64)19-21-58(31-45(67)68)22-20-57(18-16-55)30-44(65)66)59-26-36-11-10-35(25-37(36)27-59)46(69)52-40(24-32-8-9-33-5-1-2-6-34(33)23-32)47(70)51-14-4-3-7-38(48(71)72)53-50(75)54-39(49(73)74)12-13-42(61)62/h1-2,5-6,8-11,23,25,38-40H,3-4,7,12-22,24,26-31H2,(H,51,70)(H,52,69)(H,61,62)(H,63,64)(H,65,66)(H,67,68)(H,71,72)(H,73,74)(H2,53,54,75)/t38-,39-,40-/m0/s1. The van der Waals surface area contributed by atoms with Crippen molar-refractivity contribution in [3.8, 4) is 0 Å². The van der Waals surface area contributed by atoms with Gasteiger partial charge in [0.15, 0.2) is 0 Å². The maximum absolute atomic E-state index is 14.0. The number of nitrogens with one attached hydrogen (secondary N) is 4. The summed E-state index contributed by atoms with van der Waals surface area (Å²) in [5.74, 6) is -8.70. The van der Waals surface area contributed by atoms with Gasteiger partial charge in [0.2, 0.25) is 11.8 Å². The van der Waals surface area contributed by atoms with E-state index in [1.54, 1.807) is 37.8 Å². The predicted molar refractivity (Wildman–Crippen MR) is 267 cm³/mol. The molecule has 25 nitrogen and oxygen atoms in total. The van der Waals surface area contributed by atoms with E-state index in [2.05, 4.69) is 21.3 Å². The lowest BCUT2D eigenvalue weighted by Crippen LogP contribution is -2.51. The molecule has 0 bridgehead atoms. The molecule has 75 heavy (non-hydrogen) atoms. The number of carboxylic acid groups (broad SMARTS) is 6. The van der Waals surface area contributed by atoms with Crippen LogP contribution in [0.5, 0.6) is 0 Å². The number of amides is 5. The van der Waals surface area contributed by atoms with E-state index >= 15 is 0 Å². The topological polar surface area (TPSA) is 356 Å². The van der Waals surface area contributed by atoms with Crippen molar-refractivity contribution in [2.24, 2.45) is 0 Å². The number of rotatable bonds is 25. The fourth-order valence-corrected chi connectivity index (χ4v) is 8.79. The van der Waals surface area contributed by atoms with Crippen LogP contribution in [0.1, 0.15) is 59.2 Å². The zero-order valence-corrected chi connectivity index (χ0v) is 41.4. The molecule has 3 aromatic rings. The van der Waals surface area contributed by atoms with Gasteiger partial charge in [0.05, 0.1) is 26.2 Å². The summed E-state index contributed by atoms with van der Waals surface area (Å²) in [5, 5.41) is 68.4. The Kier molecular flexibility index (Phi) is 22.2. The van der Waals surface area contributed by atoms with E-state index in [-0.39, 0.29) is 135 Å². The molecular weight excluding hydrogens is 983 g/mol. The molecule has 2 heterocycles. The maximum Gasteiger partial charge on any atom is 0.326 e. The van der Waals surface area contributed by atoms with Gasteiger partial charge in [-0.05, 0) is 65.3 Å². The first-order valence-electron chi connectivity index (χ1n) is 24.5. The molecule has 2 aliphatic rings. The number of nitrogens with zero attached hydrogens (tertiary/aromatic N) is 5. The second kappa shape index (κ2) is 28.6. The number of fused-ring (bicyclic) bond motifs is 2. The van der Waals surface area contributed by atoms with Crippen LogP contribution in [0, 0.1) is 0 Å². The molecule has 1 saturated heterocycles. The maximum atomic E-state index is 14.0. The highest BCUT2D eigenvalue weighted by atomic mass is 16.4. The summed E-state index contributed by atoms with van der Waals surface area (Å²) in [6.07, 6.45) is -0.508. The quantitative estimate of drug-likeness (QED) is 0.0494. The van der Waals surface area contributed by atoms with E-state index in [4.69, 9.17) is 5.11 Å². The van der Waals surface area contributed by atoms with Gasteiger partial charge in [-0.1, -0.05) is 48.5 Å². The van der Waals surface area contributed by atoms with Gasteiger partial charge in [-0.3, -0.25) is 53.2 Å². The van der Waals surface area contributed by atoms with E-state index < -0.39 is 84.6 Å². The van der Waals surface area contributed by atoms with Crippen LogP contribution in [0.15, 0.2) is 60.7 Å². The molecule has 25 heteroatoms. The number of carboxylic acids is 6. The van der Waals surface area contributed by atoms with Crippen molar-refractivity contribution < 1.29 is 78.6 Å². The summed E-state index contributed by atoms with van der Waals surface area (Å²) >= 11 is 0. The van der Waals surface area contributed by atoms with Gasteiger partial charge in [0.1, 0.15) is 18.1 Å². The van der Waals surface area contributed by atoms with E-state index in [1.165, 1.54) is 0 Å². The Bertz CT molecular complexity index is 2530. The molecular formula is C50H65N9O16. The Morgan fingerprint density at radius 2 is 1.03 bits per heavy atom. The number of urea groups is 1. The normalized spacial score (nSPS) is 16.2. The Hall–Kier alpha value is -7.74. The zero-order valence-electron chi connectivity index (χ0n) is 41.4. The van der Waals surface area contributed by atoms with Crippen LogP contribution < -0.4 is 21.3 Å². The van der Waals surface area contributed by atoms with Crippen LogP contribution in [0.2, 0.25) is 0 Å². The molecule has 1 fully saturated rings. The highest BCUT2D eigenvalue weighted by Gasteiger charge is 2.30. The van der Waals surface area contributed by atoms with Gasteiger partial charge in [0.25, 0.3) is 5.91 Å². The van der Waals surface area contributed by atoms with Gasteiger partial charge in [0, 0.05) is 90.4 Å². The lowest BCUT2D eigenvalue weighted by Gasteiger charge is -2.33. The number of hydrogen-bond donors (Lipinski definition) is 10. The smallest absolute Gasteiger partial charge is 0.326 e. The average Bonchev–Trinajstić information content (AvgIpc) is 3.78. The number of aliphatic carboxylic acids is 6. The first-order chi connectivity index (χ1) is 35.7. The van der Waals surface area contributed by atoms with E-state index in [9.17, 15) is 73.5 Å². The molecule has 0 aromatic heterocycles. The summed E-state index contributed by atoms with van der Waals surface area (Å²) in [4.78, 5) is 132. The fraction of sp³-hybridized carbons (Fsp3) is 0.480. The summed E-state index contributed by atoms with van der Waals surface area (Å²) in [6.45, 7) is 1.42. The summed E-state index contributed by atoms with van der Waals surface area (Å²) in [6, 6.07) is 13.1. The number of hydrogen-bond acceptors (Lipinski definition) is 14. The second-order valence-electron chi connectivity index (χ2n) is 18.5. The van der Waals surface area contributed by atoms with E-state index in [0.29, 0.717) is 5.56 Å². The predicted octanol–water partition coefficient (Wildman–Crippen LogP) is -0.145. The van der Waals surface area contributed by atoms with Gasteiger partial charge >= 0.3 is 41.8 Å². The van der Waals surface area contributed by atoms with Crippen molar-refractivity contribution in [3.05, 3.63) is 82.9 Å². The molecule has 5 amide bonds. The minimum absolute atomic E-state index is 0.0619. The molecule has 2 aliphatic heterocycles. The number of benzene rings is 3. The van der Waals surface area contributed by atoms with Crippen LogP contribution in [-0.2, 0) is 57.9 Å². The third kappa shape index (κ3) is 19.6. The van der Waals surface area contributed by atoms with Crippen molar-refractivity contribution in [2.75, 3.05) is 85.1 Å². The minimum atomic E-state index is -1.56. The summed E-state index contributed by atoms with van der Waals surface area (Å²) in [5.41, 5.74) is 2.49. The molecule has 0 aliphatic carbocycles. The third-order valence-corrected chi connectivity index (χ3v) is 12.9. The van der Waals surface area contributed by atoms with Crippen LogP contribution in [0.25, 0.3) is 10.8 Å². The second-order valence-corrected chi connectivity index (χ2v) is 18.5. The van der Waals surface area contributed by atoms with Crippen LogP contribution in [0.3, 0.4) is 0 Å². The average molecular weight is 1050 g/mol. The molecule has 406 valence electrons. The van der Waals surface area contributed by atoms with Crippen molar-refractivity contribution in [2.45, 2.75) is 69.7 Å². The van der Waals surface area contributed by atoms with Crippen molar-refractivity contribution >= 4 is 70.3 Å². The minimum Gasteiger partial charge on any atom is -0.481 e. The Morgan fingerprint density at radius 3 is 1.56 bits per heavy atom. The van der Waals surface area contributed by atoms with Crippen LogP contribution in [-0.4, -0.2) is 218 Å². The first kappa shape index (κ1) is 58.2. The Labute approximate surface area is 431 Å². The van der Waals surface area contributed by atoms with Crippen molar-refractivity contribution in [3.63, 3.8) is 0 Å². The van der Waals surface area contributed by atoms with Gasteiger partial charge in [-0.25, -0.2) is 14.4 Å². The molecule has 0 spiro atoms.